The first-order valence-corrected chi connectivity index (χ1v) is 9.20. The fourth-order valence-electron chi connectivity index (χ4n) is 2.70. The Morgan fingerprint density at radius 1 is 0.935 bits per heavy atom. The van der Waals surface area contributed by atoms with Gasteiger partial charge in [-0.05, 0) is 37.3 Å². The van der Waals surface area contributed by atoms with E-state index < -0.39 is 16.6 Å². The van der Waals surface area contributed by atoms with Gasteiger partial charge in [-0.1, -0.05) is 30.3 Å². The number of rotatable bonds is 7. The molecular formula is C22H17N3O6. The number of nitrogens with zero attached hydrogens (tertiary/aromatic N) is 3. The molecule has 0 bridgehead atoms. The highest BCUT2D eigenvalue weighted by atomic mass is 16.6. The van der Waals surface area contributed by atoms with Crippen molar-refractivity contribution in [1.29, 1.82) is 0 Å². The Kier molecular flexibility index (Phi) is 6.46. The number of hydrogen-bond donors (Lipinski definition) is 1. The Labute approximate surface area is 176 Å². The summed E-state index contributed by atoms with van der Waals surface area (Å²) in [5.74, 6) is -1.24. The van der Waals surface area contributed by atoms with Gasteiger partial charge in [0.15, 0.2) is 11.5 Å². The van der Waals surface area contributed by atoms with Gasteiger partial charge in [0.2, 0.25) is 0 Å². The van der Waals surface area contributed by atoms with Gasteiger partial charge in [0.1, 0.15) is 11.4 Å². The predicted molar refractivity (Wildman–Crippen MR) is 111 cm³/mol. The van der Waals surface area contributed by atoms with E-state index in [9.17, 15) is 24.8 Å². The number of nitro groups is 1. The lowest BCUT2D eigenvalue weighted by molar-refractivity contribution is -0.384. The van der Waals surface area contributed by atoms with Crippen LogP contribution in [0.25, 0.3) is 0 Å². The molecule has 1 N–H and O–H groups in total. The van der Waals surface area contributed by atoms with Gasteiger partial charge in [0.25, 0.3) is 5.69 Å². The minimum absolute atomic E-state index is 0.0655. The van der Waals surface area contributed by atoms with Crippen LogP contribution in [0.2, 0.25) is 0 Å². The number of hydrogen-bond acceptors (Lipinski definition) is 8. The molecule has 0 aliphatic rings. The summed E-state index contributed by atoms with van der Waals surface area (Å²) in [6.07, 6.45) is 0. The fraction of sp³-hybridized carbons (Fsp3) is 0.0909. The fourth-order valence-corrected chi connectivity index (χ4v) is 2.70. The number of ketones is 1. The lowest BCUT2D eigenvalue weighted by Gasteiger charge is -2.04. The largest absolute Gasteiger partial charge is 0.506 e. The van der Waals surface area contributed by atoms with Gasteiger partial charge in [-0.15, -0.1) is 10.2 Å². The molecule has 3 aromatic carbocycles. The standard InChI is InChI=1S/C22H17N3O6/c1-2-31-22(28)16-9-11-20(26)18(12-16)24-23-17-10-8-15(13-19(17)25(29)30)21(27)14-6-4-3-5-7-14/h3-13,26H,2H2,1H3. The lowest BCUT2D eigenvalue weighted by atomic mass is 10.0. The van der Waals surface area contributed by atoms with E-state index in [4.69, 9.17) is 4.74 Å². The molecule has 3 aromatic rings. The monoisotopic (exact) mass is 419 g/mol. The van der Waals surface area contributed by atoms with E-state index in [1.807, 2.05) is 0 Å². The molecule has 0 aliphatic carbocycles. The number of aromatic hydroxyl groups is 1. The molecule has 0 radical (unpaired) electrons. The molecule has 0 saturated heterocycles. The molecular weight excluding hydrogens is 402 g/mol. The van der Waals surface area contributed by atoms with Gasteiger partial charge < -0.3 is 9.84 Å². The summed E-state index contributed by atoms with van der Waals surface area (Å²) < 4.78 is 4.89. The van der Waals surface area contributed by atoms with Crippen molar-refractivity contribution in [2.45, 2.75) is 6.92 Å². The average Bonchev–Trinajstić information content (AvgIpc) is 2.78. The van der Waals surface area contributed by atoms with Crippen LogP contribution in [0.3, 0.4) is 0 Å². The summed E-state index contributed by atoms with van der Waals surface area (Å²) in [5, 5.41) is 29.1. The van der Waals surface area contributed by atoms with Crippen molar-refractivity contribution in [3.8, 4) is 5.75 Å². The molecule has 0 atom stereocenters. The van der Waals surface area contributed by atoms with Gasteiger partial charge in [-0.25, -0.2) is 4.79 Å². The van der Waals surface area contributed by atoms with Crippen molar-refractivity contribution < 1.29 is 24.4 Å². The van der Waals surface area contributed by atoms with E-state index in [1.165, 1.54) is 30.3 Å². The number of ether oxygens (including phenoxy) is 1. The topological polar surface area (TPSA) is 131 Å². The lowest BCUT2D eigenvalue weighted by Crippen LogP contribution is -2.03. The molecule has 0 aliphatic heterocycles. The van der Waals surface area contributed by atoms with E-state index in [1.54, 1.807) is 37.3 Å². The molecule has 0 heterocycles. The zero-order chi connectivity index (χ0) is 22.4. The summed E-state index contributed by atoms with van der Waals surface area (Å²) in [6.45, 7) is 1.83. The smallest absolute Gasteiger partial charge is 0.338 e. The number of nitro benzene ring substituents is 1. The quantitative estimate of drug-likeness (QED) is 0.186. The zero-order valence-electron chi connectivity index (χ0n) is 16.4. The first-order chi connectivity index (χ1) is 14.9. The number of carbonyl (C=O) groups is 2. The highest BCUT2D eigenvalue weighted by Gasteiger charge is 2.19. The van der Waals surface area contributed by atoms with E-state index in [0.717, 1.165) is 6.07 Å². The molecule has 0 amide bonds. The molecule has 3 rings (SSSR count). The Morgan fingerprint density at radius 3 is 2.29 bits per heavy atom. The van der Waals surface area contributed by atoms with Gasteiger partial charge in [-0.3, -0.25) is 14.9 Å². The number of esters is 1. The minimum Gasteiger partial charge on any atom is -0.506 e. The SMILES string of the molecule is CCOC(=O)c1ccc(O)c(N=Nc2ccc(C(=O)c3ccccc3)cc2[N+](=O)[O-])c1. The molecule has 0 unspecified atom stereocenters. The number of carbonyl (C=O) groups excluding carboxylic acids is 2. The van der Waals surface area contributed by atoms with Crippen LogP contribution in [0, 0.1) is 10.1 Å². The van der Waals surface area contributed by atoms with Crippen molar-refractivity contribution in [2.24, 2.45) is 10.2 Å². The van der Waals surface area contributed by atoms with Crippen LogP contribution in [0.15, 0.2) is 77.0 Å². The van der Waals surface area contributed by atoms with Gasteiger partial charge >= 0.3 is 5.97 Å². The second kappa shape index (κ2) is 9.40. The maximum Gasteiger partial charge on any atom is 0.338 e. The zero-order valence-corrected chi connectivity index (χ0v) is 16.4. The molecule has 0 saturated carbocycles. The molecule has 0 aromatic heterocycles. The molecule has 9 heteroatoms. The average molecular weight is 419 g/mol. The van der Waals surface area contributed by atoms with Crippen LogP contribution in [0.5, 0.6) is 5.75 Å². The van der Waals surface area contributed by atoms with E-state index in [0.29, 0.717) is 5.56 Å². The summed E-state index contributed by atoms with van der Waals surface area (Å²) in [7, 11) is 0. The third-order valence-corrected chi connectivity index (χ3v) is 4.22. The second-order valence-corrected chi connectivity index (χ2v) is 6.28. The number of phenols is 1. The van der Waals surface area contributed by atoms with Crippen LogP contribution < -0.4 is 0 Å². The van der Waals surface area contributed by atoms with Crippen molar-refractivity contribution in [3.63, 3.8) is 0 Å². The summed E-state index contributed by atoms with van der Waals surface area (Å²) in [6, 6.07) is 16.1. The van der Waals surface area contributed by atoms with Gasteiger partial charge in [-0.2, -0.15) is 0 Å². The third kappa shape index (κ3) is 4.96. The first kappa shape index (κ1) is 21.3. The Morgan fingerprint density at radius 2 is 1.61 bits per heavy atom. The van der Waals surface area contributed by atoms with Crippen LogP contribution >= 0.6 is 0 Å². The highest BCUT2D eigenvalue weighted by molar-refractivity contribution is 6.09. The maximum atomic E-state index is 12.6. The minimum atomic E-state index is -0.676. The van der Waals surface area contributed by atoms with Crippen LogP contribution in [0.1, 0.15) is 33.2 Å². The normalized spacial score (nSPS) is 10.7. The highest BCUT2D eigenvalue weighted by Crippen LogP contribution is 2.33. The van der Waals surface area contributed by atoms with Crippen molar-refractivity contribution >= 4 is 28.8 Å². The molecule has 0 spiro atoms. The van der Waals surface area contributed by atoms with Crippen molar-refractivity contribution in [2.75, 3.05) is 6.61 Å². The predicted octanol–water partition coefficient (Wildman–Crippen LogP) is 5.12. The van der Waals surface area contributed by atoms with Gasteiger partial charge in [0.05, 0.1) is 17.1 Å². The van der Waals surface area contributed by atoms with Crippen molar-refractivity contribution in [3.05, 3.63) is 93.5 Å². The molecule has 31 heavy (non-hydrogen) atoms. The third-order valence-electron chi connectivity index (χ3n) is 4.22. The summed E-state index contributed by atoms with van der Waals surface area (Å²) >= 11 is 0. The summed E-state index contributed by atoms with van der Waals surface area (Å²) in [5.41, 5.74) is 0.0641. The van der Waals surface area contributed by atoms with Crippen LogP contribution in [0.4, 0.5) is 17.1 Å². The van der Waals surface area contributed by atoms with Crippen molar-refractivity contribution in [1.82, 2.24) is 0 Å². The number of benzene rings is 3. The second-order valence-electron chi connectivity index (χ2n) is 6.28. The number of azo groups is 1. The Balaban J connectivity index is 1.94. The van der Waals surface area contributed by atoms with Crippen LogP contribution in [-0.2, 0) is 4.74 Å². The molecule has 9 nitrogen and oxygen atoms in total. The van der Waals surface area contributed by atoms with E-state index in [2.05, 4.69) is 10.2 Å². The first-order valence-electron chi connectivity index (χ1n) is 9.20. The van der Waals surface area contributed by atoms with E-state index >= 15 is 0 Å². The van der Waals surface area contributed by atoms with Crippen LogP contribution in [-0.4, -0.2) is 28.4 Å². The Hall–Kier alpha value is -4.40. The number of phenolic OH excluding ortho intramolecular Hbond substituents is 1. The van der Waals surface area contributed by atoms with Gasteiger partial charge in [0, 0.05) is 17.2 Å². The summed E-state index contributed by atoms with van der Waals surface area (Å²) in [4.78, 5) is 35.2. The maximum absolute atomic E-state index is 12.6. The molecule has 0 fully saturated rings. The van der Waals surface area contributed by atoms with E-state index in [-0.39, 0.29) is 40.6 Å². The Bertz CT molecular complexity index is 1180. The molecule has 156 valence electrons.